The number of carbonyl (C=O) groups excluding carboxylic acids is 3. The van der Waals surface area contributed by atoms with E-state index >= 15 is 0 Å². The molecule has 0 unspecified atom stereocenters. The second kappa shape index (κ2) is 5.92. The Bertz CT molecular complexity index is 748. The fourth-order valence-corrected chi connectivity index (χ4v) is 2.33. The molecule has 0 spiro atoms. The van der Waals surface area contributed by atoms with Crippen LogP contribution in [0.3, 0.4) is 0 Å². The molecule has 2 aromatic carbocycles. The summed E-state index contributed by atoms with van der Waals surface area (Å²) in [6.07, 6.45) is 0. The molecule has 6 heteroatoms. The van der Waals surface area contributed by atoms with Crippen molar-refractivity contribution in [2.24, 2.45) is 0 Å². The van der Waals surface area contributed by atoms with Gasteiger partial charge in [-0.05, 0) is 43.3 Å². The van der Waals surface area contributed by atoms with Gasteiger partial charge in [-0.3, -0.25) is 19.8 Å². The molecular formula is C17H14N2O4. The highest BCUT2D eigenvalue weighted by Gasteiger charge is 2.36. The Morgan fingerprint density at radius 1 is 1.00 bits per heavy atom. The van der Waals surface area contributed by atoms with Gasteiger partial charge in [0.15, 0.2) is 0 Å². The van der Waals surface area contributed by atoms with Crippen LogP contribution in [0.4, 0.5) is 0 Å². The van der Waals surface area contributed by atoms with Crippen molar-refractivity contribution in [2.45, 2.75) is 6.92 Å². The molecular weight excluding hydrogens is 296 g/mol. The van der Waals surface area contributed by atoms with E-state index < -0.39 is 17.7 Å². The molecule has 0 radical (unpaired) electrons. The first kappa shape index (κ1) is 14.8. The number of hydrogen-bond acceptors (Lipinski definition) is 4. The lowest BCUT2D eigenvalue weighted by Gasteiger charge is -2.15. The van der Waals surface area contributed by atoms with Crippen LogP contribution in [0.1, 0.15) is 38.0 Å². The summed E-state index contributed by atoms with van der Waals surface area (Å²) in [5.41, 5.74) is 3.24. The molecule has 3 amide bonds. The molecule has 6 nitrogen and oxygen atoms in total. The van der Waals surface area contributed by atoms with Gasteiger partial charge in [0.25, 0.3) is 17.7 Å². The van der Waals surface area contributed by atoms with Crippen LogP contribution in [0.25, 0.3) is 0 Å². The maximum atomic E-state index is 12.2. The van der Waals surface area contributed by atoms with Gasteiger partial charge in [0.2, 0.25) is 0 Å². The predicted molar refractivity (Wildman–Crippen MR) is 82.0 cm³/mol. The highest BCUT2D eigenvalue weighted by Crippen LogP contribution is 2.21. The second-order valence-electron chi connectivity index (χ2n) is 4.89. The van der Waals surface area contributed by atoms with E-state index in [1.54, 1.807) is 48.5 Å². The number of fused-ring (bicyclic) bond motifs is 1. The first-order valence-corrected chi connectivity index (χ1v) is 7.13. The molecule has 0 saturated carbocycles. The van der Waals surface area contributed by atoms with Crippen LogP contribution < -0.4 is 10.2 Å². The third-order valence-electron chi connectivity index (χ3n) is 3.43. The minimum Gasteiger partial charge on any atom is -0.494 e. The zero-order valence-electron chi connectivity index (χ0n) is 12.4. The number of benzene rings is 2. The van der Waals surface area contributed by atoms with Gasteiger partial charge >= 0.3 is 0 Å². The first-order valence-electron chi connectivity index (χ1n) is 7.13. The van der Waals surface area contributed by atoms with Gasteiger partial charge in [0.05, 0.1) is 17.7 Å². The highest BCUT2D eigenvalue weighted by atomic mass is 16.5. The van der Waals surface area contributed by atoms with E-state index in [9.17, 15) is 14.4 Å². The summed E-state index contributed by atoms with van der Waals surface area (Å²) >= 11 is 0. The lowest BCUT2D eigenvalue weighted by atomic mass is 10.1. The van der Waals surface area contributed by atoms with Gasteiger partial charge in [-0.1, -0.05) is 12.1 Å². The average Bonchev–Trinajstić information content (AvgIpc) is 2.81. The van der Waals surface area contributed by atoms with Crippen LogP contribution >= 0.6 is 0 Å². The third kappa shape index (κ3) is 2.66. The Morgan fingerprint density at radius 3 is 2.09 bits per heavy atom. The standard InChI is InChI=1S/C17H14N2O4/c1-2-23-12-9-7-11(8-10-12)15(20)18-19-16(21)13-5-3-4-6-14(13)17(19)22/h3-10H,2H2,1H3,(H,18,20). The van der Waals surface area contributed by atoms with Gasteiger partial charge in [-0.25, -0.2) is 0 Å². The monoisotopic (exact) mass is 310 g/mol. The Balaban J connectivity index is 1.76. The van der Waals surface area contributed by atoms with Gasteiger partial charge in [0.1, 0.15) is 5.75 Å². The van der Waals surface area contributed by atoms with Crippen molar-refractivity contribution in [3.8, 4) is 5.75 Å². The molecule has 3 rings (SSSR count). The average molecular weight is 310 g/mol. The number of hydrogen-bond donors (Lipinski definition) is 1. The largest absolute Gasteiger partial charge is 0.494 e. The molecule has 0 saturated heterocycles. The summed E-state index contributed by atoms with van der Waals surface area (Å²) in [4.78, 5) is 36.6. The molecule has 0 aromatic heterocycles. The SMILES string of the molecule is CCOc1ccc(C(=O)NN2C(=O)c3ccccc3C2=O)cc1. The van der Waals surface area contributed by atoms with Crippen LogP contribution in [0.5, 0.6) is 5.75 Å². The number of rotatable bonds is 4. The van der Waals surface area contributed by atoms with Gasteiger partial charge in [0, 0.05) is 5.56 Å². The topological polar surface area (TPSA) is 75.7 Å². The van der Waals surface area contributed by atoms with E-state index in [2.05, 4.69) is 5.43 Å². The van der Waals surface area contributed by atoms with Crippen molar-refractivity contribution in [3.05, 3.63) is 65.2 Å². The molecule has 1 aliphatic rings. The molecule has 0 atom stereocenters. The van der Waals surface area contributed by atoms with Crippen molar-refractivity contribution in [2.75, 3.05) is 6.61 Å². The zero-order chi connectivity index (χ0) is 16.4. The maximum Gasteiger partial charge on any atom is 0.280 e. The van der Waals surface area contributed by atoms with E-state index in [1.807, 2.05) is 6.92 Å². The lowest BCUT2D eigenvalue weighted by Crippen LogP contribution is -2.45. The molecule has 0 aliphatic carbocycles. The summed E-state index contributed by atoms with van der Waals surface area (Å²) < 4.78 is 5.30. The molecule has 2 aromatic rings. The van der Waals surface area contributed by atoms with Crippen LogP contribution in [-0.4, -0.2) is 29.3 Å². The normalized spacial score (nSPS) is 13.0. The minimum atomic E-state index is -0.539. The van der Waals surface area contributed by atoms with Crippen molar-refractivity contribution < 1.29 is 19.1 Å². The molecule has 1 N–H and O–H groups in total. The van der Waals surface area contributed by atoms with E-state index in [1.165, 1.54) is 0 Å². The van der Waals surface area contributed by atoms with E-state index in [4.69, 9.17) is 4.74 Å². The van der Waals surface area contributed by atoms with Crippen LogP contribution in [-0.2, 0) is 0 Å². The molecule has 23 heavy (non-hydrogen) atoms. The number of amides is 3. The van der Waals surface area contributed by atoms with E-state index in [0.717, 1.165) is 5.01 Å². The van der Waals surface area contributed by atoms with Gasteiger partial charge < -0.3 is 4.74 Å². The smallest absolute Gasteiger partial charge is 0.280 e. The molecule has 0 fully saturated rings. The Morgan fingerprint density at radius 2 is 1.57 bits per heavy atom. The summed E-state index contributed by atoms with van der Waals surface area (Å²) in [6.45, 7) is 2.39. The Kier molecular flexibility index (Phi) is 3.80. The summed E-state index contributed by atoms with van der Waals surface area (Å²) in [5.74, 6) is -0.970. The fourth-order valence-electron chi connectivity index (χ4n) is 2.33. The number of hydrazine groups is 1. The number of nitrogens with one attached hydrogen (secondary N) is 1. The van der Waals surface area contributed by atoms with Crippen molar-refractivity contribution in [1.82, 2.24) is 10.4 Å². The lowest BCUT2D eigenvalue weighted by molar-refractivity contribution is 0.0518. The van der Waals surface area contributed by atoms with Crippen molar-refractivity contribution >= 4 is 17.7 Å². The quantitative estimate of drug-likeness (QED) is 0.877. The number of nitrogens with zero attached hydrogens (tertiary/aromatic N) is 1. The van der Waals surface area contributed by atoms with E-state index in [-0.39, 0.29) is 11.1 Å². The van der Waals surface area contributed by atoms with Crippen molar-refractivity contribution in [1.29, 1.82) is 0 Å². The summed E-state index contributed by atoms with van der Waals surface area (Å²) in [7, 11) is 0. The van der Waals surface area contributed by atoms with Crippen LogP contribution in [0.15, 0.2) is 48.5 Å². The molecule has 1 aliphatic heterocycles. The predicted octanol–water partition coefficient (Wildman–Crippen LogP) is 2.03. The second-order valence-corrected chi connectivity index (χ2v) is 4.89. The number of imide groups is 1. The molecule has 0 bridgehead atoms. The molecule has 1 heterocycles. The number of ether oxygens (including phenoxy) is 1. The van der Waals surface area contributed by atoms with E-state index in [0.29, 0.717) is 17.9 Å². The zero-order valence-corrected chi connectivity index (χ0v) is 12.4. The minimum absolute atomic E-state index is 0.282. The third-order valence-corrected chi connectivity index (χ3v) is 3.43. The Labute approximate surface area is 132 Å². The Hall–Kier alpha value is -3.15. The van der Waals surface area contributed by atoms with Crippen LogP contribution in [0, 0.1) is 0 Å². The summed E-state index contributed by atoms with van der Waals surface area (Å²) in [5, 5.41) is 0.740. The van der Waals surface area contributed by atoms with Gasteiger partial charge in [-0.15, -0.1) is 0 Å². The van der Waals surface area contributed by atoms with Gasteiger partial charge in [-0.2, -0.15) is 5.01 Å². The van der Waals surface area contributed by atoms with Crippen LogP contribution in [0.2, 0.25) is 0 Å². The number of carbonyl (C=O) groups is 3. The maximum absolute atomic E-state index is 12.2. The van der Waals surface area contributed by atoms with Crippen molar-refractivity contribution in [3.63, 3.8) is 0 Å². The first-order chi connectivity index (χ1) is 11.1. The summed E-state index contributed by atoms with van der Waals surface area (Å²) in [6, 6.07) is 12.9. The highest BCUT2D eigenvalue weighted by molar-refractivity contribution is 6.22. The molecule has 116 valence electrons. The fraction of sp³-hybridized carbons (Fsp3) is 0.118.